The molecule has 0 atom stereocenters. The van der Waals surface area contributed by atoms with Gasteiger partial charge < -0.3 is 4.57 Å². The Labute approximate surface area is 359 Å². The highest BCUT2D eigenvalue weighted by Gasteiger charge is 2.21. The lowest BCUT2D eigenvalue weighted by Crippen LogP contribution is -1.98. The van der Waals surface area contributed by atoms with Crippen molar-refractivity contribution in [2.75, 3.05) is 0 Å². The SMILES string of the molecule is CCCCCCCCc1cc(C)sc1-c1nc2sc(-c3sc(-c4ccc5c6ccc(C)cc6n(CCCCCCCC)c5c4)cc3CCCCCCCC)nc2s1. The van der Waals surface area contributed by atoms with Crippen LogP contribution in [0.2, 0.25) is 0 Å². The zero-order chi connectivity index (χ0) is 39.6. The average molecular weight is 836 g/mol. The zero-order valence-electron chi connectivity index (χ0n) is 35.4. The molecule has 7 aromatic rings. The van der Waals surface area contributed by atoms with Crippen LogP contribution in [0.1, 0.15) is 158 Å². The third-order valence-electron chi connectivity index (χ3n) is 11.7. The van der Waals surface area contributed by atoms with Crippen molar-refractivity contribution in [1.29, 1.82) is 0 Å². The van der Waals surface area contributed by atoms with Gasteiger partial charge in [-0.3, -0.25) is 0 Å². The molecule has 0 aliphatic carbocycles. The van der Waals surface area contributed by atoms with E-state index >= 15 is 0 Å². The Kier molecular flexibility index (Phi) is 15.5. The van der Waals surface area contributed by atoms with E-state index in [0.717, 1.165) is 39.1 Å². The number of nitrogens with zero attached hydrogens (tertiary/aromatic N) is 3. The number of rotatable bonds is 24. The molecule has 0 saturated carbocycles. The second-order valence-corrected chi connectivity index (χ2v) is 20.8. The molecule has 7 rings (SSSR count). The van der Waals surface area contributed by atoms with E-state index in [4.69, 9.17) is 9.97 Å². The van der Waals surface area contributed by atoms with Crippen molar-refractivity contribution < 1.29 is 0 Å². The summed E-state index contributed by atoms with van der Waals surface area (Å²) in [7, 11) is 0. The van der Waals surface area contributed by atoms with Crippen molar-refractivity contribution >= 4 is 76.8 Å². The first-order valence-corrected chi connectivity index (χ1v) is 25.8. The lowest BCUT2D eigenvalue weighted by atomic mass is 10.0. The second-order valence-electron chi connectivity index (χ2n) is 16.5. The number of thiophene rings is 2. The molecule has 0 aliphatic rings. The zero-order valence-corrected chi connectivity index (χ0v) is 38.7. The van der Waals surface area contributed by atoms with Crippen molar-refractivity contribution in [3.63, 3.8) is 0 Å². The minimum atomic E-state index is 1.08. The highest BCUT2D eigenvalue weighted by atomic mass is 32.1. The van der Waals surface area contributed by atoms with Gasteiger partial charge in [0.2, 0.25) is 0 Å². The first kappa shape index (κ1) is 42.3. The summed E-state index contributed by atoms with van der Waals surface area (Å²) in [4.78, 5) is 18.3. The van der Waals surface area contributed by atoms with Crippen molar-refractivity contribution in [1.82, 2.24) is 14.5 Å². The Balaban J connectivity index is 1.17. The van der Waals surface area contributed by atoms with E-state index in [1.807, 2.05) is 22.7 Å². The summed E-state index contributed by atoms with van der Waals surface area (Å²) in [6.07, 6.45) is 26.0. The summed E-state index contributed by atoms with van der Waals surface area (Å²) in [6, 6.07) is 19.2. The highest BCUT2D eigenvalue weighted by molar-refractivity contribution is 7.32. The Hall–Kier alpha value is -2.84. The van der Waals surface area contributed by atoms with E-state index in [9.17, 15) is 0 Å². The Morgan fingerprint density at radius 3 is 1.61 bits per heavy atom. The molecular formula is C50H65N3S4. The minimum absolute atomic E-state index is 1.08. The predicted octanol–water partition coefficient (Wildman–Crippen LogP) is 17.8. The van der Waals surface area contributed by atoms with Crippen LogP contribution >= 0.6 is 45.3 Å². The first-order valence-electron chi connectivity index (χ1n) is 22.5. The summed E-state index contributed by atoms with van der Waals surface area (Å²) in [5, 5.41) is 5.07. The van der Waals surface area contributed by atoms with E-state index in [-0.39, 0.29) is 0 Å². The van der Waals surface area contributed by atoms with Crippen molar-refractivity contribution in [2.45, 2.75) is 170 Å². The van der Waals surface area contributed by atoms with Crippen molar-refractivity contribution in [3.05, 3.63) is 70.1 Å². The topological polar surface area (TPSA) is 30.7 Å². The van der Waals surface area contributed by atoms with Gasteiger partial charge in [-0.2, -0.15) is 0 Å². The van der Waals surface area contributed by atoms with Crippen LogP contribution in [0.5, 0.6) is 0 Å². The average Bonchev–Trinajstić information content (AvgIpc) is 4.03. The van der Waals surface area contributed by atoms with Gasteiger partial charge in [-0.1, -0.05) is 164 Å². The molecule has 0 saturated heterocycles. The molecule has 0 N–H and O–H groups in total. The molecule has 7 heteroatoms. The summed E-state index contributed by atoms with van der Waals surface area (Å²) in [6.45, 7) is 12.5. The van der Waals surface area contributed by atoms with Gasteiger partial charge in [0, 0.05) is 38.1 Å². The summed E-state index contributed by atoms with van der Waals surface area (Å²) < 4.78 is 2.62. The highest BCUT2D eigenvalue weighted by Crippen LogP contribution is 2.46. The van der Waals surface area contributed by atoms with E-state index in [2.05, 4.69) is 87.7 Å². The van der Waals surface area contributed by atoms with E-state index < -0.39 is 0 Å². The Morgan fingerprint density at radius 1 is 0.491 bits per heavy atom. The molecule has 0 unspecified atom stereocenters. The molecule has 2 aromatic carbocycles. The maximum Gasteiger partial charge on any atom is 0.155 e. The standard InChI is InChI=1S/C50H65N3S4/c1-6-9-12-15-18-21-24-38-32-36(5)54-45(38)47-51-49-50(56-47)52-48(57-49)46-39(25-22-19-16-13-10-7-2)34-44(55-46)37-27-29-41-40-28-26-35(4)31-42(40)53(43(41)33-37)30-23-20-17-14-11-8-3/h26-29,31-34H,6-25,30H2,1-5H3. The first-order chi connectivity index (χ1) is 28.0. The lowest BCUT2D eigenvalue weighted by molar-refractivity contribution is 0.571. The maximum absolute atomic E-state index is 5.35. The third kappa shape index (κ3) is 10.5. The molecule has 0 amide bonds. The van der Waals surface area contributed by atoms with E-state index in [0.29, 0.717) is 0 Å². The fourth-order valence-corrected chi connectivity index (χ4v) is 13.1. The number of hydrogen-bond donors (Lipinski definition) is 0. The van der Waals surface area contributed by atoms with Gasteiger partial charge in [0.25, 0.3) is 0 Å². The van der Waals surface area contributed by atoms with Gasteiger partial charge in [-0.25, -0.2) is 9.97 Å². The number of aryl methyl sites for hydroxylation is 5. The van der Waals surface area contributed by atoms with E-state index in [1.165, 1.54) is 179 Å². The molecule has 304 valence electrons. The number of unbranched alkanes of at least 4 members (excludes halogenated alkanes) is 15. The van der Waals surface area contributed by atoms with Gasteiger partial charge in [0.1, 0.15) is 10.0 Å². The largest absolute Gasteiger partial charge is 0.340 e. The summed E-state index contributed by atoms with van der Waals surface area (Å²) in [5.74, 6) is 0. The van der Waals surface area contributed by atoms with Gasteiger partial charge in [0.15, 0.2) is 9.66 Å². The molecule has 3 nitrogen and oxygen atoms in total. The molecule has 0 aliphatic heterocycles. The van der Waals surface area contributed by atoms with Gasteiger partial charge >= 0.3 is 0 Å². The van der Waals surface area contributed by atoms with Crippen LogP contribution in [0, 0.1) is 13.8 Å². The van der Waals surface area contributed by atoms with E-state index in [1.54, 1.807) is 22.7 Å². The number of thiazole rings is 2. The monoisotopic (exact) mass is 835 g/mol. The summed E-state index contributed by atoms with van der Waals surface area (Å²) in [5.41, 5.74) is 8.37. The van der Waals surface area contributed by atoms with Crippen LogP contribution in [0.25, 0.3) is 61.7 Å². The molecule has 0 radical (unpaired) electrons. The Morgan fingerprint density at radius 2 is 1.00 bits per heavy atom. The number of aromatic nitrogens is 3. The quantitative estimate of drug-likeness (QED) is 0.0568. The molecule has 0 fully saturated rings. The van der Waals surface area contributed by atoms with Gasteiger partial charge in [-0.15, -0.1) is 22.7 Å². The Bertz CT molecular complexity index is 2300. The van der Waals surface area contributed by atoms with Crippen LogP contribution in [0.15, 0.2) is 48.5 Å². The van der Waals surface area contributed by atoms with Crippen molar-refractivity contribution in [2.24, 2.45) is 0 Å². The maximum atomic E-state index is 5.35. The van der Waals surface area contributed by atoms with Crippen LogP contribution in [-0.2, 0) is 19.4 Å². The number of benzene rings is 2. The second kappa shape index (κ2) is 20.9. The van der Waals surface area contributed by atoms with Gasteiger partial charge in [0.05, 0.1) is 9.75 Å². The normalized spacial score (nSPS) is 12.0. The molecule has 5 aromatic heterocycles. The fraction of sp³-hybridized carbons (Fsp3) is 0.520. The van der Waals surface area contributed by atoms with Gasteiger partial charge in [-0.05, 0) is 92.5 Å². The van der Waals surface area contributed by atoms with Crippen LogP contribution in [0.3, 0.4) is 0 Å². The number of hydrogen-bond acceptors (Lipinski definition) is 6. The fourth-order valence-electron chi connectivity index (χ4n) is 8.55. The predicted molar refractivity (Wildman–Crippen MR) is 257 cm³/mol. The van der Waals surface area contributed by atoms with Crippen LogP contribution in [0.4, 0.5) is 0 Å². The number of fused-ring (bicyclic) bond motifs is 4. The smallest absolute Gasteiger partial charge is 0.155 e. The third-order valence-corrected chi connectivity index (χ3v) is 16.4. The van der Waals surface area contributed by atoms with Crippen molar-refractivity contribution in [3.8, 4) is 30.2 Å². The minimum Gasteiger partial charge on any atom is -0.340 e. The molecular weight excluding hydrogens is 771 g/mol. The molecule has 0 spiro atoms. The lowest BCUT2D eigenvalue weighted by Gasteiger charge is -2.09. The van der Waals surface area contributed by atoms with Crippen LogP contribution < -0.4 is 0 Å². The molecule has 5 heterocycles. The summed E-state index contributed by atoms with van der Waals surface area (Å²) >= 11 is 7.47. The molecule has 0 bridgehead atoms. The molecule has 57 heavy (non-hydrogen) atoms. The van der Waals surface area contributed by atoms with Crippen LogP contribution in [-0.4, -0.2) is 14.5 Å².